The maximum atomic E-state index is 4.87. The average molecular weight is 310 g/mol. The number of nitrogens with zero attached hydrogens (tertiary/aromatic N) is 1. The van der Waals surface area contributed by atoms with Crippen LogP contribution in [0, 0.1) is 0 Å². The lowest BCUT2D eigenvalue weighted by Gasteiger charge is -2.06. The molecule has 1 aromatic heterocycles. The second kappa shape index (κ2) is 6.17. The molecule has 116 valence electrons. The van der Waals surface area contributed by atoms with Crippen LogP contribution in [0.2, 0.25) is 0 Å². The van der Waals surface area contributed by atoms with E-state index < -0.39 is 0 Å². The van der Waals surface area contributed by atoms with Crippen LogP contribution in [0.1, 0.15) is 12.5 Å². The Kier molecular flexibility index (Phi) is 3.72. The molecule has 0 aliphatic carbocycles. The topological polar surface area (TPSA) is 28.1 Å². The number of rotatable bonds is 3. The summed E-state index contributed by atoms with van der Waals surface area (Å²) in [6.45, 7) is 2.05. The van der Waals surface area contributed by atoms with Crippen molar-refractivity contribution < 1.29 is 0 Å². The summed E-state index contributed by atoms with van der Waals surface area (Å²) >= 11 is 0. The van der Waals surface area contributed by atoms with Gasteiger partial charge in [-0.15, -0.1) is 0 Å². The Balaban J connectivity index is 1.81. The summed E-state index contributed by atoms with van der Waals surface area (Å²) < 4.78 is 0. The Morgan fingerprint density at radius 2 is 1.50 bits per heavy atom. The quantitative estimate of drug-likeness (QED) is 0.451. The van der Waals surface area contributed by atoms with E-state index in [4.69, 9.17) is 4.99 Å². The van der Waals surface area contributed by atoms with E-state index in [0.717, 1.165) is 33.7 Å². The number of aliphatic imine (C=N–C) groups is 1. The van der Waals surface area contributed by atoms with Crippen LogP contribution in [0.3, 0.4) is 0 Å². The van der Waals surface area contributed by atoms with Crippen molar-refractivity contribution in [2.75, 3.05) is 0 Å². The summed E-state index contributed by atoms with van der Waals surface area (Å²) in [5.74, 6) is 0. The van der Waals surface area contributed by atoms with Crippen LogP contribution in [0.15, 0.2) is 89.9 Å². The molecule has 4 rings (SSSR count). The second-order valence-electron chi connectivity index (χ2n) is 5.85. The molecule has 24 heavy (non-hydrogen) atoms. The summed E-state index contributed by atoms with van der Waals surface area (Å²) in [6.07, 6.45) is 0. The first-order valence-corrected chi connectivity index (χ1v) is 8.09. The van der Waals surface area contributed by atoms with Crippen molar-refractivity contribution in [2.45, 2.75) is 6.92 Å². The number of hydrogen-bond donors (Lipinski definition) is 1. The molecule has 0 saturated carbocycles. The Hall–Kier alpha value is -3.13. The summed E-state index contributed by atoms with van der Waals surface area (Å²) in [5, 5.41) is 1.21. The van der Waals surface area contributed by atoms with Gasteiger partial charge in [-0.2, -0.15) is 0 Å². The maximum Gasteiger partial charge on any atom is 0.0726 e. The van der Waals surface area contributed by atoms with E-state index in [1.165, 1.54) is 5.39 Å². The van der Waals surface area contributed by atoms with Crippen molar-refractivity contribution in [3.8, 4) is 11.3 Å². The molecular weight excluding hydrogens is 292 g/mol. The van der Waals surface area contributed by atoms with Crippen LogP contribution >= 0.6 is 0 Å². The molecule has 0 atom stereocenters. The van der Waals surface area contributed by atoms with Gasteiger partial charge in [-0.05, 0) is 30.7 Å². The van der Waals surface area contributed by atoms with Crippen LogP contribution in [0.4, 0.5) is 5.69 Å². The molecular formula is C22H18N2. The first-order chi connectivity index (χ1) is 11.8. The number of fused-ring (bicyclic) bond motifs is 1. The van der Waals surface area contributed by atoms with E-state index in [1.807, 2.05) is 30.3 Å². The number of nitrogens with one attached hydrogen (secondary N) is 1. The summed E-state index contributed by atoms with van der Waals surface area (Å²) in [4.78, 5) is 8.37. The van der Waals surface area contributed by atoms with Gasteiger partial charge in [0.15, 0.2) is 0 Å². The van der Waals surface area contributed by atoms with E-state index >= 15 is 0 Å². The largest absolute Gasteiger partial charge is 0.354 e. The minimum absolute atomic E-state index is 0.977. The van der Waals surface area contributed by atoms with E-state index in [1.54, 1.807) is 0 Å². The van der Waals surface area contributed by atoms with E-state index in [9.17, 15) is 0 Å². The van der Waals surface area contributed by atoms with Crippen LogP contribution in [0.5, 0.6) is 0 Å². The number of para-hydroxylation sites is 2. The first kappa shape index (κ1) is 14.5. The predicted octanol–water partition coefficient (Wildman–Crippen LogP) is 5.98. The molecule has 0 unspecified atom stereocenters. The minimum Gasteiger partial charge on any atom is -0.354 e. The van der Waals surface area contributed by atoms with Crippen LogP contribution < -0.4 is 0 Å². The normalized spacial score (nSPS) is 11.8. The van der Waals surface area contributed by atoms with Gasteiger partial charge in [-0.3, -0.25) is 4.99 Å². The fraction of sp³-hybridized carbons (Fsp3) is 0.0455. The van der Waals surface area contributed by atoms with Gasteiger partial charge in [-0.25, -0.2) is 0 Å². The number of H-pyrrole nitrogens is 1. The number of hydrogen-bond acceptors (Lipinski definition) is 1. The van der Waals surface area contributed by atoms with Crippen molar-refractivity contribution >= 4 is 22.3 Å². The molecule has 0 spiro atoms. The zero-order valence-electron chi connectivity index (χ0n) is 13.5. The van der Waals surface area contributed by atoms with Gasteiger partial charge in [0.2, 0.25) is 0 Å². The molecule has 0 saturated heterocycles. The third-order valence-electron chi connectivity index (χ3n) is 4.20. The summed E-state index contributed by atoms with van der Waals surface area (Å²) in [7, 11) is 0. The molecule has 0 amide bonds. The van der Waals surface area contributed by atoms with Gasteiger partial charge in [0.05, 0.1) is 5.69 Å². The van der Waals surface area contributed by atoms with Crippen LogP contribution in [-0.2, 0) is 0 Å². The molecule has 0 bridgehead atoms. The lowest BCUT2D eigenvalue weighted by molar-refractivity contribution is 1.41. The molecule has 0 aliphatic heterocycles. The third kappa shape index (κ3) is 2.74. The molecule has 0 aliphatic rings. The van der Waals surface area contributed by atoms with Crippen LogP contribution in [0.25, 0.3) is 22.2 Å². The summed E-state index contributed by atoms with van der Waals surface area (Å²) in [5.41, 5.74) is 6.49. The first-order valence-electron chi connectivity index (χ1n) is 8.09. The van der Waals surface area contributed by atoms with Gasteiger partial charge in [-0.1, -0.05) is 66.7 Å². The zero-order valence-corrected chi connectivity index (χ0v) is 13.5. The highest BCUT2D eigenvalue weighted by Gasteiger charge is 2.08. The average Bonchev–Trinajstić information content (AvgIpc) is 3.07. The van der Waals surface area contributed by atoms with Crippen molar-refractivity contribution in [2.24, 2.45) is 4.99 Å². The Labute approximate surface area is 141 Å². The van der Waals surface area contributed by atoms with Gasteiger partial charge >= 0.3 is 0 Å². The molecule has 3 aromatic carbocycles. The Morgan fingerprint density at radius 1 is 0.792 bits per heavy atom. The van der Waals surface area contributed by atoms with Gasteiger partial charge in [0.1, 0.15) is 0 Å². The second-order valence-corrected chi connectivity index (χ2v) is 5.85. The zero-order chi connectivity index (χ0) is 16.4. The van der Waals surface area contributed by atoms with E-state index in [0.29, 0.717) is 0 Å². The van der Waals surface area contributed by atoms with E-state index in [2.05, 4.69) is 66.5 Å². The fourth-order valence-electron chi connectivity index (χ4n) is 2.94. The van der Waals surface area contributed by atoms with Gasteiger partial charge in [0.25, 0.3) is 0 Å². The van der Waals surface area contributed by atoms with Crippen molar-refractivity contribution in [1.29, 1.82) is 0 Å². The summed E-state index contributed by atoms with van der Waals surface area (Å²) in [6, 6.07) is 29.0. The fourth-order valence-corrected chi connectivity index (χ4v) is 2.94. The van der Waals surface area contributed by atoms with Crippen molar-refractivity contribution in [3.05, 3.63) is 90.5 Å². The predicted molar refractivity (Wildman–Crippen MR) is 102 cm³/mol. The maximum absolute atomic E-state index is 4.87. The monoisotopic (exact) mass is 310 g/mol. The Bertz CT molecular complexity index is 977. The minimum atomic E-state index is 0.977. The smallest absolute Gasteiger partial charge is 0.0726 e. The molecule has 0 radical (unpaired) electrons. The standard InChI is InChI=1S/C22H18N2/c1-16(17-9-3-2-4-10-17)23-21-14-8-6-12-19(21)22-15-18-11-5-7-13-20(18)24-22/h2-15,24H,1H3. The van der Waals surface area contributed by atoms with Crippen molar-refractivity contribution in [1.82, 2.24) is 4.98 Å². The highest BCUT2D eigenvalue weighted by atomic mass is 14.8. The molecule has 0 fully saturated rings. The lowest BCUT2D eigenvalue weighted by Crippen LogP contribution is -1.93. The highest BCUT2D eigenvalue weighted by Crippen LogP contribution is 2.32. The Morgan fingerprint density at radius 3 is 2.33 bits per heavy atom. The number of aromatic amines is 1. The molecule has 2 heteroatoms. The van der Waals surface area contributed by atoms with Gasteiger partial charge < -0.3 is 4.98 Å². The third-order valence-corrected chi connectivity index (χ3v) is 4.20. The number of benzene rings is 3. The number of aromatic nitrogens is 1. The molecule has 1 heterocycles. The molecule has 1 N–H and O–H groups in total. The van der Waals surface area contributed by atoms with Gasteiger partial charge in [0, 0.05) is 27.9 Å². The molecule has 2 nitrogen and oxygen atoms in total. The van der Waals surface area contributed by atoms with Crippen molar-refractivity contribution in [3.63, 3.8) is 0 Å². The lowest BCUT2D eigenvalue weighted by atomic mass is 10.1. The highest BCUT2D eigenvalue weighted by molar-refractivity contribution is 6.01. The van der Waals surface area contributed by atoms with E-state index in [-0.39, 0.29) is 0 Å². The SMILES string of the molecule is CC(=Nc1ccccc1-c1cc2ccccc2[nH]1)c1ccccc1. The van der Waals surface area contributed by atoms with Crippen LogP contribution in [-0.4, -0.2) is 10.7 Å². The molecule has 4 aromatic rings.